The number of amides is 1. The van der Waals surface area contributed by atoms with Gasteiger partial charge in [0.1, 0.15) is 5.82 Å². The van der Waals surface area contributed by atoms with Crippen LogP contribution in [0.3, 0.4) is 0 Å². The molecule has 0 saturated heterocycles. The van der Waals surface area contributed by atoms with Crippen LogP contribution in [0.2, 0.25) is 0 Å². The van der Waals surface area contributed by atoms with Gasteiger partial charge in [0.15, 0.2) is 6.61 Å². The Morgan fingerprint density at radius 2 is 2.00 bits per heavy atom. The van der Waals surface area contributed by atoms with Crippen molar-refractivity contribution in [3.63, 3.8) is 0 Å². The molecule has 6 heteroatoms. The fraction of sp³-hybridized carbons (Fsp3) is 0.176. The first-order chi connectivity index (χ1) is 11.1. The van der Waals surface area contributed by atoms with Crippen molar-refractivity contribution in [3.8, 4) is 0 Å². The maximum atomic E-state index is 12.7. The van der Waals surface area contributed by atoms with Gasteiger partial charge in [0, 0.05) is 17.5 Å². The van der Waals surface area contributed by atoms with Crippen molar-refractivity contribution in [2.75, 3.05) is 13.2 Å². The average Bonchev–Trinajstić information content (AvgIpc) is 3.06. The molecule has 0 bridgehead atoms. The minimum absolute atomic E-state index is 0.291. The van der Waals surface area contributed by atoms with Gasteiger partial charge in [-0.3, -0.25) is 4.79 Å². The summed E-state index contributed by atoms with van der Waals surface area (Å²) >= 11 is 1.50. The number of thiophene rings is 1. The van der Waals surface area contributed by atoms with Crippen LogP contribution in [0, 0.1) is 5.82 Å². The zero-order valence-electron chi connectivity index (χ0n) is 12.3. The first-order valence-electron chi connectivity index (χ1n) is 7.03. The first kappa shape index (κ1) is 16.9. The lowest BCUT2D eigenvalue weighted by Crippen LogP contribution is -2.30. The van der Waals surface area contributed by atoms with Crippen LogP contribution in [0.5, 0.6) is 0 Å². The molecule has 1 N–H and O–H groups in total. The molecule has 1 heterocycles. The molecule has 0 aliphatic rings. The van der Waals surface area contributed by atoms with Gasteiger partial charge >= 0.3 is 5.97 Å². The fourth-order valence-corrected chi connectivity index (χ4v) is 2.39. The number of esters is 1. The van der Waals surface area contributed by atoms with E-state index in [4.69, 9.17) is 4.74 Å². The third-order valence-electron chi connectivity index (χ3n) is 2.92. The molecule has 120 valence electrons. The quantitative estimate of drug-likeness (QED) is 0.626. The second-order valence-electron chi connectivity index (χ2n) is 4.68. The maximum Gasteiger partial charge on any atom is 0.331 e. The normalized spacial score (nSPS) is 10.7. The molecule has 2 aromatic rings. The second kappa shape index (κ2) is 8.85. The molecule has 1 aromatic carbocycles. The Hall–Kier alpha value is -2.47. The number of rotatable bonds is 7. The Morgan fingerprint density at radius 1 is 1.22 bits per heavy atom. The van der Waals surface area contributed by atoms with Crippen LogP contribution in [-0.2, 0) is 20.7 Å². The smallest absolute Gasteiger partial charge is 0.331 e. The van der Waals surface area contributed by atoms with E-state index in [1.807, 2.05) is 17.5 Å². The molecule has 0 atom stereocenters. The molecule has 0 saturated carbocycles. The third-order valence-corrected chi connectivity index (χ3v) is 3.76. The van der Waals surface area contributed by atoms with Crippen LogP contribution in [0.15, 0.2) is 47.9 Å². The fourth-order valence-electron chi connectivity index (χ4n) is 1.77. The lowest BCUT2D eigenvalue weighted by Gasteiger charge is -2.05. The minimum Gasteiger partial charge on any atom is -0.452 e. The largest absolute Gasteiger partial charge is 0.452 e. The molecular formula is C17H16FNO3S. The van der Waals surface area contributed by atoms with Crippen molar-refractivity contribution in [1.82, 2.24) is 5.32 Å². The predicted molar refractivity (Wildman–Crippen MR) is 87.4 cm³/mol. The van der Waals surface area contributed by atoms with Gasteiger partial charge in [-0.05, 0) is 41.6 Å². The van der Waals surface area contributed by atoms with Crippen molar-refractivity contribution in [2.45, 2.75) is 6.42 Å². The molecular weight excluding hydrogens is 317 g/mol. The van der Waals surface area contributed by atoms with Crippen molar-refractivity contribution in [3.05, 3.63) is 64.1 Å². The number of halogens is 1. The Balaban J connectivity index is 1.63. The predicted octanol–water partition coefficient (Wildman–Crippen LogP) is 2.80. The van der Waals surface area contributed by atoms with E-state index in [1.165, 1.54) is 29.5 Å². The Kier molecular flexibility index (Phi) is 6.50. The number of hydrogen-bond donors (Lipinski definition) is 1. The summed E-state index contributed by atoms with van der Waals surface area (Å²) in [6.07, 6.45) is 3.51. The van der Waals surface area contributed by atoms with Crippen LogP contribution in [0.25, 0.3) is 6.08 Å². The van der Waals surface area contributed by atoms with Crippen LogP contribution < -0.4 is 5.32 Å². The van der Waals surface area contributed by atoms with Gasteiger partial charge in [0.2, 0.25) is 0 Å². The monoisotopic (exact) mass is 333 g/mol. The zero-order valence-corrected chi connectivity index (χ0v) is 13.1. The topological polar surface area (TPSA) is 55.4 Å². The van der Waals surface area contributed by atoms with Gasteiger partial charge in [-0.15, -0.1) is 11.3 Å². The summed E-state index contributed by atoms with van der Waals surface area (Å²) in [6, 6.07) is 9.83. The number of carbonyl (C=O) groups is 2. The zero-order chi connectivity index (χ0) is 16.5. The lowest BCUT2D eigenvalue weighted by molar-refractivity contribution is -0.143. The summed E-state index contributed by atoms with van der Waals surface area (Å²) in [6.45, 7) is 0.0735. The van der Waals surface area contributed by atoms with Crippen molar-refractivity contribution >= 4 is 29.3 Å². The van der Waals surface area contributed by atoms with E-state index in [2.05, 4.69) is 5.32 Å². The van der Waals surface area contributed by atoms with Crippen molar-refractivity contribution in [1.29, 1.82) is 0 Å². The molecule has 23 heavy (non-hydrogen) atoms. The highest BCUT2D eigenvalue weighted by molar-refractivity contribution is 7.10. The summed E-state index contributed by atoms with van der Waals surface area (Å²) in [5, 5.41) is 4.54. The number of carbonyl (C=O) groups excluding carboxylic acids is 2. The van der Waals surface area contributed by atoms with E-state index >= 15 is 0 Å². The van der Waals surface area contributed by atoms with Crippen molar-refractivity contribution < 1.29 is 18.7 Å². The van der Waals surface area contributed by atoms with Gasteiger partial charge in [0.05, 0.1) is 0 Å². The molecule has 0 aliphatic carbocycles. The molecule has 0 unspecified atom stereocenters. The highest BCUT2D eigenvalue weighted by Crippen LogP contribution is 2.10. The molecule has 0 radical (unpaired) electrons. The van der Waals surface area contributed by atoms with E-state index in [0.29, 0.717) is 13.0 Å². The SMILES string of the molecule is O=C(COC(=O)/C=C/c1cccs1)NCCc1ccc(F)cc1. The summed E-state index contributed by atoms with van der Waals surface area (Å²) in [5.41, 5.74) is 0.919. The van der Waals surface area contributed by atoms with Gasteiger partial charge in [-0.25, -0.2) is 9.18 Å². The summed E-state index contributed by atoms with van der Waals surface area (Å²) in [4.78, 5) is 23.9. The third kappa shape index (κ3) is 6.44. The van der Waals surface area contributed by atoms with Crippen molar-refractivity contribution in [2.24, 2.45) is 0 Å². The summed E-state index contributed by atoms with van der Waals surface area (Å²) < 4.78 is 17.6. The summed E-state index contributed by atoms with van der Waals surface area (Å²) in [7, 11) is 0. The standard InChI is InChI=1S/C17H16FNO3S/c18-14-5-3-13(4-6-14)9-10-19-16(20)12-22-17(21)8-7-15-2-1-11-23-15/h1-8,11H,9-10,12H2,(H,19,20)/b8-7+. The van der Waals surface area contributed by atoms with Gasteiger partial charge < -0.3 is 10.1 Å². The molecule has 4 nitrogen and oxygen atoms in total. The van der Waals surface area contributed by atoms with Gasteiger partial charge in [0.25, 0.3) is 5.91 Å². The van der Waals surface area contributed by atoms with Crippen LogP contribution in [0.1, 0.15) is 10.4 Å². The number of nitrogens with one attached hydrogen (secondary N) is 1. The average molecular weight is 333 g/mol. The second-order valence-corrected chi connectivity index (χ2v) is 5.66. The lowest BCUT2D eigenvalue weighted by atomic mass is 10.1. The minimum atomic E-state index is -0.563. The van der Waals surface area contributed by atoms with E-state index in [-0.39, 0.29) is 18.3 Å². The number of hydrogen-bond acceptors (Lipinski definition) is 4. The summed E-state index contributed by atoms with van der Waals surface area (Å²) in [5.74, 6) is -1.22. The first-order valence-corrected chi connectivity index (χ1v) is 7.91. The van der Waals surface area contributed by atoms with Crippen LogP contribution in [0.4, 0.5) is 4.39 Å². The highest BCUT2D eigenvalue weighted by Gasteiger charge is 2.04. The maximum absolute atomic E-state index is 12.7. The Bertz CT molecular complexity index is 666. The molecule has 1 aromatic heterocycles. The van der Waals surface area contributed by atoms with Crippen LogP contribution in [-0.4, -0.2) is 25.0 Å². The molecule has 0 spiro atoms. The van der Waals surface area contributed by atoms with E-state index in [0.717, 1.165) is 10.4 Å². The Morgan fingerprint density at radius 3 is 2.70 bits per heavy atom. The van der Waals surface area contributed by atoms with Gasteiger partial charge in [-0.1, -0.05) is 18.2 Å². The van der Waals surface area contributed by atoms with Gasteiger partial charge in [-0.2, -0.15) is 0 Å². The Labute approximate surface area is 137 Å². The molecule has 0 aliphatic heterocycles. The molecule has 0 fully saturated rings. The molecule has 2 rings (SSSR count). The number of benzene rings is 1. The molecule has 1 amide bonds. The van der Waals surface area contributed by atoms with E-state index in [1.54, 1.807) is 18.2 Å². The number of ether oxygens (including phenoxy) is 1. The van der Waals surface area contributed by atoms with Crippen LogP contribution >= 0.6 is 11.3 Å². The van der Waals surface area contributed by atoms with E-state index in [9.17, 15) is 14.0 Å². The highest BCUT2D eigenvalue weighted by atomic mass is 32.1. The van der Waals surface area contributed by atoms with E-state index < -0.39 is 5.97 Å².